The molecule has 1 saturated carbocycles. The van der Waals surface area contributed by atoms with Gasteiger partial charge < -0.3 is 5.32 Å². The molecule has 1 fully saturated rings. The highest BCUT2D eigenvalue weighted by Crippen LogP contribution is 2.42. The van der Waals surface area contributed by atoms with Crippen LogP contribution >= 0.6 is 0 Å². The average Bonchev–Trinajstić information content (AvgIpc) is 3.03. The Morgan fingerprint density at radius 1 is 1.24 bits per heavy atom. The molecule has 0 spiro atoms. The number of rotatable bonds is 4. The lowest BCUT2D eigenvalue weighted by atomic mass is 9.93. The zero-order valence-corrected chi connectivity index (χ0v) is 11.0. The van der Waals surface area contributed by atoms with E-state index in [1.54, 1.807) is 12.1 Å². The quantitative estimate of drug-likeness (QED) is 0.839. The summed E-state index contributed by atoms with van der Waals surface area (Å²) in [5.41, 5.74) is 1.42. The zero-order chi connectivity index (χ0) is 12.5. The van der Waals surface area contributed by atoms with E-state index < -0.39 is 0 Å². The third kappa shape index (κ3) is 3.81. The van der Waals surface area contributed by atoms with Gasteiger partial charge in [-0.25, -0.2) is 4.39 Å². The minimum absolute atomic E-state index is 0.146. The molecule has 0 saturated heterocycles. The van der Waals surface area contributed by atoms with E-state index in [-0.39, 0.29) is 11.4 Å². The second kappa shape index (κ2) is 4.77. The maximum atomic E-state index is 12.9. The minimum Gasteiger partial charge on any atom is -0.311 e. The van der Waals surface area contributed by atoms with E-state index in [1.165, 1.54) is 18.4 Å². The molecule has 0 aliphatic heterocycles. The lowest BCUT2D eigenvalue weighted by Gasteiger charge is -2.25. The molecule has 0 aromatic heterocycles. The van der Waals surface area contributed by atoms with Crippen LogP contribution in [-0.4, -0.2) is 12.1 Å². The van der Waals surface area contributed by atoms with Crippen LogP contribution < -0.4 is 5.32 Å². The average molecular weight is 235 g/mol. The molecule has 1 N–H and O–H groups in total. The van der Waals surface area contributed by atoms with E-state index in [2.05, 4.69) is 26.1 Å². The van der Waals surface area contributed by atoms with Crippen molar-refractivity contribution in [3.05, 3.63) is 35.6 Å². The van der Waals surface area contributed by atoms with Gasteiger partial charge in [-0.2, -0.15) is 0 Å². The van der Waals surface area contributed by atoms with Gasteiger partial charge in [0.1, 0.15) is 5.82 Å². The molecule has 1 nitrogen and oxygen atoms in total. The second-order valence-electron chi connectivity index (χ2n) is 6.13. The summed E-state index contributed by atoms with van der Waals surface area (Å²) in [6.45, 7) is 7.53. The molecule has 1 aliphatic rings. The summed E-state index contributed by atoms with van der Waals surface area (Å²) in [5.74, 6) is 1.18. The molecule has 2 rings (SSSR count). The Kier molecular flexibility index (Phi) is 3.53. The first-order valence-corrected chi connectivity index (χ1v) is 6.46. The second-order valence-corrected chi connectivity index (χ2v) is 6.13. The van der Waals surface area contributed by atoms with Crippen LogP contribution in [0, 0.1) is 11.7 Å². The summed E-state index contributed by atoms with van der Waals surface area (Å²) in [5, 5.41) is 3.56. The van der Waals surface area contributed by atoms with Crippen molar-refractivity contribution >= 4 is 0 Å². The van der Waals surface area contributed by atoms with E-state index >= 15 is 0 Å². The van der Waals surface area contributed by atoms with Crippen LogP contribution in [0.2, 0.25) is 0 Å². The highest BCUT2D eigenvalue weighted by Gasteiger charge is 2.32. The highest BCUT2D eigenvalue weighted by molar-refractivity contribution is 5.23. The van der Waals surface area contributed by atoms with Crippen LogP contribution in [0.4, 0.5) is 4.39 Å². The minimum atomic E-state index is -0.146. The van der Waals surface area contributed by atoms with Gasteiger partial charge in [-0.15, -0.1) is 0 Å². The van der Waals surface area contributed by atoms with Gasteiger partial charge in [-0.3, -0.25) is 0 Å². The SMILES string of the molecule is CC(C)(C)NCC(c1ccc(F)cc1)C1CC1. The van der Waals surface area contributed by atoms with Crippen LogP contribution in [0.3, 0.4) is 0 Å². The van der Waals surface area contributed by atoms with Crippen molar-refractivity contribution in [3.63, 3.8) is 0 Å². The standard InChI is InChI=1S/C15H22FN/c1-15(2,3)17-10-14(11-4-5-11)12-6-8-13(16)9-7-12/h6-9,11,14,17H,4-5,10H2,1-3H3. The first-order valence-electron chi connectivity index (χ1n) is 6.46. The smallest absolute Gasteiger partial charge is 0.123 e. The molecular weight excluding hydrogens is 213 g/mol. The molecular formula is C15H22FN. The molecule has 1 aromatic rings. The molecule has 94 valence electrons. The van der Waals surface area contributed by atoms with Crippen molar-refractivity contribution in [3.8, 4) is 0 Å². The van der Waals surface area contributed by atoms with Crippen molar-refractivity contribution < 1.29 is 4.39 Å². The Hall–Kier alpha value is -0.890. The summed E-state index contributed by atoms with van der Waals surface area (Å²) in [7, 11) is 0. The molecule has 0 heterocycles. The number of nitrogens with one attached hydrogen (secondary N) is 1. The van der Waals surface area contributed by atoms with Gasteiger partial charge in [0, 0.05) is 12.1 Å². The fourth-order valence-electron chi connectivity index (χ4n) is 2.18. The fourth-order valence-corrected chi connectivity index (χ4v) is 2.18. The zero-order valence-electron chi connectivity index (χ0n) is 11.0. The summed E-state index contributed by atoms with van der Waals surface area (Å²) in [6.07, 6.45) is 2.63. The van der Waals surface area contributed by atoms with E-state index in [1.807, 2.05) is 12.1 Å². The monoisotopic (exact) mass is 235 g/mol. The molecule has 0 radical (unpaired) electrons. The maximum absolute atomic E-state index is 12.9. The summed E-state index contributed by atoms with van der Waals surface area (Å²) in [6, 6.07) is 7.01. The predicted octanol–water partition coefficient (Wildman–Crippen LogP) is 3.71. The Labute approximate surface area is 103 Å². The van der Waals surface area contributed by atoms with Gasteiger partial charge in [0.05, 0.1) is 0 Å². The fraction of sp³-hybridized carbons (Fsp3) is 0.600. The van der Waals surface area contributed by atoms with Gasteiger partial charge >= 0.3 is 0 Å². The third-order valence-electron chi connectivity index (χ3n) is 3.34. The van der Waals surface area contributed by atoms with Crippen LogP contribution in [0.1, 0.15) is 45.1 Å². The summed E-state index contributed by atoms with van der Waals surface area (Å²) in [4.78, 5) is 0. The van der Waals surface area contributed by atoms with Crippen LogP contribution in [0.25, 0.3) is 0 Å². The van der Waals surface area contributed by atoms with Crippen molar-refractivity contribution in [2.75, 3.05) is 6.54 Å². The van der Waals surface area contributed by atoms with Crippen molar-refractivity contribution in [2.45, 2.75) is 45.1 Å². The molecule has 1 atom stereocenters. The summed E-state index contributed by atoms with van der Waals surface area (Å²) < 4.78 is 12.9. The Bertz CT molecular complexity index is 360. The Morgan fingerprint density at radius 2 is 1.82 bits per heavy atom. The number of benzene rings is 1. The van der Waals surface area contributed by atoms with Gasteiger partial charge in [0.25, 0.3) is 0 Å². The molecule has 2 heteroatoms. The van der Waals surface area contributed by atoms with Crippen LogP contribution in [0.15, 0.2) is 24.3 Å². The molecule has 17 heavy (non-hydrogen) atoms. The lowest BCUT2D eigenvalue weighted by molar-refractivity contribution is 0.393. The van der Waals surface area contributed by atoms with Gasteiger partial charge in [-0.05, 0) is 63.1 Å². The predicted molar refractivity (Wildman–Crippen MR) is 69.6 cm³/mol. The highest BCUT2D eigenvalue weighted by atomic mass is 19.1. The van der Waals surface area contributed by atoms with Crippen molar-refractivity contribution in [1.29, 1.82) is 0 Å². The maximum Gasteiger partial charge on any atom is 0.123 e. The topological polar surface area (TPSA) is 12.0 Å². The normalized spacial score (nSPS) is 18.1. The van der Waals surface area contributed by atoms with Crippen molar-refractivity contribution in [1.82, 2.24) is 5.32 Å². The Morgan fingerprint density at radius 3 is 2.29 bits per heavy atom. The molecule has 0 bridgehead atoms. The van der Waals surface area contributed by atoms with Gasteiger partial charge in [-0.1, -0.05) is 12.1 Å². The number of hydrogen-bond donors (Lipinski definition) is 1. The van der Waals surface area contributed by atoms with Gasteiger partial charge in [0.15, 0.2) is 0 Å². The van der Waals surface area contributed by atoms with Crippen LogP contribution in [0.5, 0.6) is 0 Å². The van der Waals surface area contributed by atoms with E-state index in [0.29, 0.717) is 5.92 Å². The van der Waals surface area contributed by atoms with Crippen molar-refractivity contribution in [2.24, 2.45) is 5.92 Å². The first-order chi connectivity index (χ1) is 7.96. The Balaban J connectivity index is 2.04. The number of hydrogen-bond acceptors (Lipinski definition) is 1. The first kappa shape index (κ1) is 12.6. The molecule has 1 unspecified atom stereocenters. The number of halogens is 1. The molecule has 1 aromatic carbocycles. The van der Waals surface area contributed by atoms with E-state index in [0.717, 1.165) is 12.5 Å². The van der Waals surface area contributed by atoms with Gasteiger partial charge in [0.2, 0.25) is 0 Å². The largest absolute Gasteiger partial charge is 0.311 e. The molecule has 0 amide bonds. The van der Waals surface area contributed by atoms with E-state index in [4.69, 9.17) is 0 Å². The third-order valence-corrected chi connectivity index (χ3v) is 3.34. The van der Waals surface area contributed by atoms with Crippen LogP contribution in [-0.2, 0) is 0 Å². The van der Waals surface area contributed by atoms with E-state index in [9.17, 15) is 4.39 Å². The lowest BCUT2D eigenvalue weighted by Crippen LogP contribution is -2.39. The summed E-state index contributed by atoms with van der Waals surface area (Å²) >= 11 is 0. The molecule has 1 aliphatic carbocycles.